The van der Waals surface area contributed by atoms with Crippen LogP contribution in [0.1, 0.15) is 23.9 Å². The van der Waals surface area contributed by atoms with Crippen molar-refractivity contribution in [2.24, 2.45) is 0 Å². The predicted molar refractivity (Wildman–Crippen MR) is 86.1 cm³/mol. The molecule has 0 saturated carbocycles. The van der Waals surface area contributed by atoms with Crippen LogP contribution < -0.4 is 0 Å². The number of ether oxygens (including phenoxy) is 1. The first-order chi connectivity index (χ1) is 10.9. The average molecular weight is 333 g/mol. The lowest BCUT2D eigenvalue weighted by Crippen LogP contribution is -2.21. The summed E-state index contributed by atoms with van der Waals surface area (Å²) in [5, 5.41) is 14.1. The zero-order valence-corrected chi connectivity index (χ0v) is 13.5. The minimum atomic E-state index is 0.349. The molecule has 0 N–H and O–H groups in total. The Balaban J connectivity index is 1.48. The van der Waals surface area contributed by atoms with Gasteiger partial charge in [0, 0.05) is 13.2 Å². The molecule has 6 nitrogen and oxygen atoms in total. The second-order valence-corrected chi connectivity index (χ2v) is 7.17. The Morgan fingerprint density at radius 2 is 2.14 bits per heavy atom. The van der Waals surface area contributed by atoms with Crippen LogP contribution in [0.15, 0.2) is 29.4 Å². The number of hydrogen-bond acceptors (Lipinski definition) is 7. The van der Waals surface area contributed by atoms with E-state index in [9.17, 15) is 0 Å². The molecule has 8 heteroatoms. The third kappa shape index (κ3) is 2.86. The molecule has 0 atom stereocenters. The summed E-state index contributed by atoms with van der Waals surface area (Å²) in [6, 6.07) is 8.56. The van der Waals surface area contributed by atoms with Crippen LogP contribution in [0, 0.1) is 0 Å². The number of tetrazole rings is 1. The Hall–Kier alpha value is -1.51. The molecule has 0 spiro atoms. The summed E-state index contributed by atoms with van der Waals surface area (Å²) in [6.07, 6.45) is 1.94. The Bertz CT molecular complexity index is 732. The van der Waals surface area contributed by atoms with Crippen LogP contribution >= 0.6 is 23.1 Å². The molecule has 0 unspecified atom stereocenters. The highest BCUT2D eigenvalue weighted by atomic mass is 32.2. The smallest absolute Gasteiger partial charge is 0.209 e. The van der Waals surface area contributed by atoms with Crippen molar-refractivity contribution >= 4 is 33.3 Å². The molecule has 0 radical (unpaired) electrons. The number of thioether (sulfide) groups is 1. The lowest BCUT2D eigenvalue weighted by Gasteiger charge is -2.22. The molecule has 1 aliphatic heterocycles. The topological polar surface area (TPSA) is 65.7 Å². The average Bonchev–Trinajstić information content (AvgIpc) is 3.20. The van der Waals surface area contributed by atoms with Crippen LogP contribution in [-0.4, -0.2) is 38.4 Å². The number of fused-ring (bicyclic) bond motifs is 1. The van der Waals surface area contributed by atoms with E-state index in [-0.39, 0.29) is 0 Å². The molecule has 1 aromatic carbocycles. The normalized spacial score (nSPS) is 16.4. The zero-order valence-electron chi connectivity index (χ0n) is 11.9. The lowest BCUT2D eigenvalue weighted by atomic mass is 10.1. The third-order valence-electron chi connectivity index (χ3n) is 3.66. The number of para-hydroxylation sites is 1. The van der Waals surface area contributed by atoms with Crippen LogP contribution in [0.2, 0.25) is 0 Å². The highest BCUT2D eigenvalue weighted by Gasteiger charge is 2.20. The monoisotopic (exact) mass is 333 g/mol. The van der Waals surface area contributed by atoms with Gasteiger partial charge in [-0.15, -0.1) is 16.4 Å². The summed E-state index contributed by atoms with van der Waals surface area (Å²) >= 11 is 3.38. The molecule has 1 saturated heterocycles. The summed E-state index contributed by atoms with van der Waals surface area (Å²) in [4.78, 5) is 4.65. The first-order valence-electron chi connectivity index (χ1n) is 7.23. The van der Waals surface area contributed by atoms with Gasteiger partial charge in [-0.1, -0.05) is 23.9 Å². The van der Waals surface area contributed by atoms with Crippen LogP contribution in [0.25, 0.3) is 10.2 Å². The Kier molecular flexibility index (Phi) is 4.05. The van der Waals surface area contributed by atoms with Gasteiger partial charge in [0.25, 0.3) is 0 Å². The van der Waals surface area contributed by atoms with E-state index in [0.717, 1.165) is 47.5 Å². The van der Waals surface area contributed by atoms with Crippen molar-refractivity contribution in [1.82, 2.24) is 25.2 Å². The fourth-order valence-corrected chi connectivity index (χ4v) is 4.45. The molecule has 0 bridgehead atoms. The lowest BCUT2D eigenvalue weighted by molar-refractivity contribution is 0.0631. The molecule has 3 heterocycles. The predicted octanol–water partition coefficient (Wildman–Crippen LogP) is 2.93. The van der Waals surface area contributed by atoms with Crippen molar-refractivity contribution < 1.29 is 4.74 Å². The van der Waals surface area contributed by atoms with Gasteiger partial charge in [-0.05, 0) is 35.4 Å². The molecule has 1 fully saturated rings. The van der Waals surface area contributed by atoms with E-state index < -0.39 is 0 Å². The minimum absolute atomic E-state index is 0.349. The standard InChI is InChI=1S/C14H15N5OS2/c1-2-4-12-11(3-1)15-13(22-12)9-21-14-16-17-18-19(14)10-5-7-20-8-6-10/h1-4,10H,5-9H2. The maximum atomic E-state index is 5.40. The molecule has 0 amide bonds. The minimum Gasteiger partial charge on any atom is -0.381 e. The molecule has 3 aromatic rings. The maximum absolute atomic E-state index is 5.40. The van der Waals surface area contributed by atoms with Gasteiger partial charge in [-0.2, -0.15) is 0 Å². The van der Waals surface area contributed by atoms with Crippen molar-refractivity contribution in [1.29, 1.82) is 0 Å². The van der Waals surface area contributed by atoms with Crippen molar-refractivity contribution in [3.8, 4) is 0 Å². The number of aromatic nitrogens is 5. The van der Waals surface area contributed by atoms with Crippen LogP contribution in [0.4, 0.5) is 0 Å². The highest BCUT2D eigenvalue weighted by molar-refractivity contribution is 7.98. The number of rotatable bonds is 4. The molecular weight excluding hydrogens is 318 g/mol. The molecule has 2 aromatic heterocycles. The van der Waals surface area contributed by atoms with Crippen molar-refractivity contribution in [3.63, 3.8) is 0 Å². The van der Waals surface area contributed by atoms with E-state index in [2.05, 4.69) is 26.6 Å². The summed E-state index contributed by atoms with van der Waals surface area (Å²) in [7, 11) is 0. The largest absolute Gasteiger partial charge is 0.381 e. The summed E-state index contributed by atoms with van der Waals surface area (Å²) in [5.74, 6) is 0.795. The van der Waals surface area contributed by atoms with Gasteiger partial charge < -0.3 is 4.74 Å². The number of hydrogen-bond donors (Lipinski definition) is 0. The molecule has 22 heavy (non-hydrogen) atoms. The van der Waals surface area contributed by atoms with Crippen LogP contribution in [-0.2, 0) is 10.5 Å². The Labute approximate surface area is 135 Å². The number of benzene rings is 1. The Morgan fingerprint density at radius 1 is 1.27 bits per heavy atom. The SMILES string of the molecule is c1ccc2sc(CSc3nnnn3C3CCOCC3)nc2c1. The molecular formula is C14H15N5OS2. The Morgan fingerprint density at radius 3 is 3.00 bits per heavy atom. The van der Waals surface area contributed by atoms with E-state index in [4.69, 9.17) is 4.74 Å². The van der Waals surface area contributed by atoms with Gasteiger partial charge >= 0.3 is 0 Å². The van der Waals surface area contributed by atoms with E-state index in [0.29, 0.717) is 6.04 Å². The second-order valence-electron chi connectivity index (χ2n) is 5.11. The number of nitrogens with zero attached hydrogens (tertiary/aromatic N) is 5. The quantitative estimate of drug-likeness (QED) is 0.684. The first kappa shape index (κ1) is 14.1. The molecule has 1 aliphatic rings. The molecule has 4 rings (SSSR count). The molecule has 114 valence electrons. The fraction of sp³-hybridized carbons (Fsp3) is 0.429. The maximum Gasteiger partial charge on any atom is 0.209 e. The fourth-order valence-electron chi connectivity index (χ4n) is 2.55. The van der Waals surface area contributed by atoms with Gasteiger partial charge in [0.15, 0.2) is 0 Å². The summed E-state index contributed by atoms with van der Waals surface area (Å²) < 4.78 is 8.57. The summed E-state index contributed by atoms with van der Waals surface area (Å²) in [6.45, 7) is 1.57. The van der Waals surface area contributed by atoms with Gasteiger partial charge in [0.1, 0.15) is 5.01 Å². The van der Waals surface area contributed by atoms with Crippen molar-refractivity contribution in [2.45, 2.75) is 29.8 Å². The molecule has 0 aliphatic carbocycles. The van der Waals surface area contributed by atoms with E-state index in [1.54, 1.807) is 23.1 Å². The van der Waals surface area contributed by atoms with Crippen molar-refractivity contribution in [3.05, 3.63) is 29.3 Å². The first-order valence-corrected chi connectivity index (χ1v) is 9.03. The van der Waals surface area contributed by atoms with Gasteiger partial charge in [0.2, 0.25) is 5.16 Å². The summed E-state index contributed by atoms with van der Waals surface area (Å²) in [5.41, 5.74) is 1.06. The zero-order chi connectivity index (χ0) is 14.8. The van der Waals surface area contributed by atoms with Crippen LogP contribution in [0.3, 0.4) is 0 Å². The second kappa shape index (κ2) is 6.31. The highest BCUT2D eigenvalue weighted by Crippen LogP contribution is 2.29. The van der Waals surface area contributed by atoms with Gasteiger partial charge in [-0.3, -0.25) is 0 Å². The van der Waals surface area contributed by atoms with Gasteiger partial charge in [-0.25, -0.2) is 9.67 Å². The van der Waals surface area contributed by atoms with E-state index in [1.165, 1.54) is 4.70 Å². The van der Waals surface area contributed by atoms with Crippen molar-refractivity contribution in [2.75, 3.05) is 13.2 Å². The van der Waals surface area contributed by atoms with Crippen LogP contribution in [0.5, 0.6) is 0 Å². The van der Waals surface area contributed by atoms with Gasteiger partial charge in [0.05, 0.1) is 22.0 Å². The van der Waals surface area contributed by atoms with E-state index >= 15 is 0 Å². The third-order valence-corrected chi connectivity index (χ3v) is 5.83. The number of thiazole rings is 1. The van der Waals surface area contributed by atoms with E-state index in [1.807, 2.05) is 22.9 Å².